The molecule has 0 spiro atoms. The van der Waals surface area contributed by atoms with Crippen molar-refractivity contribution in [1.29, 1.82) is 0 Å². The maximum absolute atomic E-state index is 11.9. The number of carbonyl (C=O) groups is 1. The average Bonchev–Trinajstić information content (AvgIpc) is 2.67. The molecular weight excluding hydrogens is 256 g/mol. The molecule has 0 atom stereocenters. The van der Waals surface area contributed by atoms with Gasteiger partial charge in [0.2, 0.25) is 5.95 Å². The van der Waals surface area contributed by atoms with E-state index in [0.717, 1.165) is 31.2 Å². The van der Waals surface area contributed by atoms with Crippen LogP contribution in [-0.4, -0.2) is 45.8 Å². The Labute approximate surface area is 119 Å². The molecule has 6 nitrogen and oxygen atoms in total. The van der Waals surface area contributed by atoms with Crippen LogP contribution in [0.2, 0.25) is 0 Å². The van der Waals surface area contributed by atoms with Crippen LogP contribution in [0.1, 0.15) is 38.8 Å². The first-order chi connectivity index (χ1) is 9.42. The number of nitrogens with zero attached hydrogens (tertiary/aromatic N) is 3. The lowest BCUT2D eigenvalue weighted by molar-refractivity contribution is 0.00791. The third-order valence-electron chi connectivity index (χ3n) is 3.61. The van der Waals surface area contributed by atoms with Crippen LogP contribution in [0.25, 0.3) is 0 Å². The summed E-state index contributed by atoms with van der Waals surface area (Å²) in [7, 11) is 0. The van der Waals surface area contributed by atoms with Crippen LogP contribution in [0.5, 0.6) is 0 Å². The Morgan fingerprint density at radius 3 is 2.85 bits per heavy atom. The predicted octanol–water partition coefficient (Wildman–Crippen LogP) is 2.03. The fraction of sp³-hybridized carbons (Fsp3) is 0.714. The molecule has 2 aliphatic heterocycles. The largest absolute Gasteiger partial charge is 0.444 e. The van der Waals surface area contributed by atoms with Crippen molar-refractivity contribution in [3.8, 4) is 0 Å². The number of carbonyl (C=O) groups excluding carboxylic acids is 1. The normalized spacial score (nSPS) is 19.1. The summed E-state index contributed by atoms with van der Waals surface area (Å²) in [4.78, 5) is 18.2. The Bertz CT molecular complexity index is 488. The number of fused-ring (bicyclic) bond motifs is 1. The smallest absolute Gasteiger partial charge is 0.410 e. The van der Waals surface area contributed by atoms with Crippen LogP contribution >= 0.6 is 0 Å². The molecular formula is C14H22N4O2. The van der Waals surface area contributed by atoms with Gasteiger partial charge in [-0.2, -0.15) is 0 Å². The number of hydrogen-bond acceptors (Lipinski definition) is 4. The van der Waals surface area contributed by atoms with Crippen molar-refractivity contribution in [2.45, 2.75) is 45.3 Å². The van der Waals surface area contributed by atoms with Gasteiger partial charge in [0.15, 0.2) is 0 Å². The summed E-state index contributed by atoms with van der Waals surface area (Å²) < 4.78 is 7.52. The Morgan fingerprint density at radius 1 is 1.45 bits per heavy atom. The topological polar surface area (TPSA) is 59.4 Å². The Morgan fingerprint density at radius 2 is 2.20 bits per heavy atom. The van der Waals surface area contributed by atoms with E-state index in [4.69, 9.17) is 4.74 Å². The zero-order chi connectivity index (χ0) is 14.3. The van der Waals surface area contributed by atoms with E-state index >= 15 is 0 Å². The molecule has 0 aromatic carbocycles. The number of anilines is 1. The number of hydrogen-bond donors (Lipinski definition) is 1. The molecule has 0 unspecified atom stereocenters. The highest BCUT2D eigenvalue weighted by molar-refractivity contribution is 5.69. The molecule has 3 heterocycles. The number of nitrogens with one attached hydrogen (secondary N) is 1. The Kier molecular flexibility index (Phi) is 3.11. The van der Waals surface area contributed by atoms with Crippen molar-refractivity contribution >= 4 is 12.0 Å². The van der Waals surface area contributed by atoms with Crippen molar-refractivity contribution in [2.75, 3.05) is 25.0 Å². The second-order valence-electron chi connectivity index (χ2n) is 6.55. The quantitative estimate of drug-likeness (QED) is 0.854. The van der Waals surface area contributed by atoms with Gasteiger partial charge in [-0.3, -0.25) is 0 Å². The third kappa shape index (κ3) is 2.59. The molecule has 0 saturated carbocycles. The minimum Gasteiger partial charge on any atom is -0.444 e. The Hall–Kier alpha value is -1.72. The van der Waals surface area contributed by atoms with Gasteiger partial charge in [0.1, 0.15) is 5.60 Å². The van der Waals surface area contributed by atoms with Crippen LogP contribution in [0.4, 0.5) is 10.7 Å². The third-order valence-corrected chi connectivity index (χ3v) is 3.61. The summed E-state index contributed by atoms with van der Waals surface area (Å²) in [6, 6.07) is 0. The molecule has 110 valence electrons. The lowest BCUT2D eigenvalue weighted by atomic mass is 9.98. The summed E-state index contributed by atoms with van der Waals surface area (Å²) >= 11 is 0. The highest BCUT2D eigenvalue weighted by Gasteiger charge is 2.36. The minimum absolute atomic E-state index is 0.226. The van der Waals surface area contributed by atoms with Crippen molar-refractivity contribution in [3.63, 3.8) is 0 Å². The van der Waals surface area contributed by atoms with E-state index < -0.39 is 5.60 Å². The molecule has 1 fully saturated rings. The molecule has 1 N–H and O–H groups in total. The highest BCUT2D eigenvalue weighted by atomic mass is 16.6. The first kappa shape index (κ1) is 13.3. The van der Waals surface area contributed by atoms with Gasteiger partial charge >= 0.3 is 6.09 Å². The van der Waals surface area contributed by atoms with Gasteiger partial charge in [-0.15, -0.1) is 0 Å². The molecule has 6 heteroatoms. The molecule has 20 heavy (non-hydrogen) atoms. The molecule has 3 rings (SSSR count). The van der Waals surface area contributed by atoms with Crippen LogP contribution in [0.3, 0.4) is 0 Å². The number of ether oxygens (including phenoxy) is 1. The van der Waals surface area contributed by atoms with Crippen molar-refractivity contribution in [3.05, 3.63) is 11.9 Å². The monoisotopic (exact) mass is 278 g/mol. The minimum atomic E-state index is -0.431. The summed E-state index contributed by atoms with van der Waals surface area (Å²) in [5.74, 6) is 1.30. The van der Waals surface area contributed by atoms with Gasteiger partial charge in [0, 0.05) is 38.3 Å². The standard InChI is InChI=1S/C14H22N4O2/c1-14(2,3)20-13(19)18-7-10(8-18)11-9-17-6-4-5-15-12(17)16-11/h9-10H,4-8H2,1-3H3,(H,15,16). The molecule has 1 saturated heterocycles. The van der Waals surface area contributed by atoms with Gasteiger partial charge in [-0.25, -0.2) is 9.78 Å². The Balaban J connectivity index is 1.57. The summed E-state index contributed by atoms with van der Waals surface area (Å²) in [5, 5.41) is 3.30. The number of aromatic nitrogens is 2. The molecule has 0 radical (unpaired) electrons. The lowest BCUT2D eigenvalue weighted by Crippen LogP contribution is -2.50. The van der Waals surface area contributed by atoms with Crippen molar-refractivity contribution in [1.82, 2.24) is 14.5 Å². The fourth-order valence-electron chi connectivity index (χ4n) is 2.54. The van der Waals surface area contributed by atoms with Crippen molar-refractivity contribution < 1.29 is 9.53 Å². The highest BCUT2D eigenvalue weighted by Crippen LogP contribution is 2.29. The van der Waals surface area contributed by atoms with E-state index in [-0.39, 0.29) is 6.09 Å². The molecule has 2 aliphatic rings. The first-order valence-electron chi connectivity index (χ1n) is 7.21. The molecule has 1 aromatic rings. The first-order valence-corrected chi connectivity index (χ1v) is 7.21. The van der Waals surface area contributed by atoms with Gasteiger partial charge in [-0.1, -0.05) is 0 Å². The number of aryl methyl sites for hydroxylation is 1. The zero-order valence-corrected chi connectivity index (χ0v) is 12.3. The summed E-state index contributed by atoms with van der Waals surface area (Å²) in [5.41, 5.74) is 0.647. The predicted molar refractivity (Wildman–Crippen MR) is 75.9 cm³/mol. The SMILES string of the molecule is CC(C)(C)OC(=O)N1CC(c2cn3c(n2)NCCC3)C1. The van der Waals surface area contributed by atoms with Crippen molar-refractivity contribution in [2.24, 2.45) is 0 Å². The van der Waals surface area contributed by atoms with E-state index in [1.165, 1.54) is 0 Å². The van der Waals surface area contributed by atoms with E-state index in [0.29, 0.717) is 19.0 Å². The van der Waals surface area contributed by atoms with Gasteiger partial charge in [0.05, 0.1) is 5.69 Å². The second-order valence-corrected chi connectivity index (χ2v) is 6.55. The van der Waals surface area contributed by atoms with Crippen LogP contribution in [0, 0.1) is 0 Å². The fourth-order valence-corrected chi connectivity index (χ4v) is 2.54. The second kappa shape index (κ2) is 4.68. The molecule has 1 aromatic heterocycles. The van der Waals surface area contributed by atoms with Gasteiger partial charge in [0.25, 0.3) is 0 Å². The number of imidazole rings is 1. The lowest BCUT2D eigenvalue weighted by Gasteiger charge is -2.38. The van der Waals surface area contributed by atoms with Crippen LogP contribution in [0.15, 0.2) is 6.20 Å². The molecule has 0 aliphatic carbocycles. The number of amides is 1. The van der Waals surface area contributed by atoms with E-state index in [1.54, 1.807) is 4.90 Å². The van der Waals surface area contributed by atoms with Gasteiger partial charge in [-0.05, 0) is 27.2 Å². The van der Waals surface area contributed by atoms with E-state index in [1.807, 2.05) is 20.8 Å². The van der Waals surface area contributed by atoms with Gasteiger partial charge < -0.3 is 19.5 Å². The number of rotatable bonds is 1. The molecule has 1 amide bonds. The summed E-state index contributed by atoms with van der Waals surface area (Å²) in [6.07, 6.45) is 3.02. The van der Waals surface area contributed by atoms with E-state index in [9.17, 15) is 4.79 Å². The maximum atomic E-state index is 11.9. The van der Waals surface area contributed by atoms with Crippen LogP contribution in [-0.2, 0) is 11.3 Å². The molecule has 0 bridgehead atoms. The summed E-state index contributed by atoms with van der Waals surface area (Å²) in [6.45, 7) is 9.07. The number of likely N-dealkylation sites (tertiary alicyclic amines) is 1. The van der Waals surface area contributed by atoms with Crippen LogP contribution < -0.4 is 5.32 Å². The van der Waals surface area contributed by atoms with E-state index in [2.05, 4.69) is 21.1 Å². The zero-order valence-electron chi connectivity index (χ0n) is 12.3. The average molecular weight is 278 g/mol. The maximum Gasteiger partial charge on any atom is 0.410 e.